The Morgan fingerprint density at radius 3 is 3.05 bits per heavy atom. The number of carbonyl (C=O) groups is 1. The Morgan fingerprint density at radius 1 is 1.40 bits per heavy atom. The molecular formula is C14H18FN3O2. The Hall–Kier alpha value is -1.69. The van der Waals surface area contributed by atoms with E-state index in [1.54, 1.807) is 0 Å². The zero-order chi connectivity index (χ0) is 14.1. The highest BCUT2D eigenvalue weighted by molar-refractivity contribution is 5.93. The number of fused-ring (bicyclic) bond motifs is 1. The largest absolute Gasteiger partial charge is 0.478 e. The first kappa shape index (κ1) is 13.3. The number of nitrogens with zero attached hydrogens (tertiary/aromatic N) is 2. The maximum absolute atomic E-state index is 13.1. The zero-order valence-corrected chi connectivity index (χ0v) is 11.2. The van der Waals surface area contributed by atoms with Crippen molar-refractivity contribution in [2.24, 2.45) is 0 Å². The van der Waals surface area contributed by atoms with E-state index < -0.39 is 11.8 Å². The molecule has 0 spiro atoms. The molecule has 2 N–H and O–H groups in total. The van der Waals surface area contributed by atoms with Crippen LogP contribution in [-0.4, -0.2) is 46.1 Å². The average molecular weight is 279 g/mol. The van der Waals surface area contributed by atoms with Crippen LogP contribution in [0.5, 0.6) is 0 Å². The lowest BCUT2D eigenvalue weighted by atomic mass is 9.99. The van der Waals surface area contributed by atoms with Gasteiger partial charge in [-0.2, -0.15) is 0 Å². The van der Waals surface area contributed by atoms with Gasteiger partial charge in [0.05, 0.1) is 6.20 Å². The lowest BCUT2D eigenvalue weighted by molar-refractivity contribution is 0.0697. The van der Waals surface area contributed by atoms with Gasteiger partial charge in [-0.05, 0) is 31.9 Å². The third-order valence-electron chi connectivity index (χ3n) is 4.26. The van der Waals surface area contributed by atoms with Gasteiger partial charge in [-0.1, -0.05) is 6.42 Å². The van der Waals surface area contributed by atoms with Gasteiger partial charge in [0, 0.05) is 18.6 Å². The summed E-state index contributed by atoms with van der Waals surface area (Å²) in [7, 11) is 0. The van der Waals surface area contributed by atoms with E-state index in [-0.39, 0.29) is 17.4 Å². The standard InChI is InChI=1S/C14H18FN3O2/c15-9-7-10(14(19)20)13(16-8-9)17-11-4-6-18-5-2-1-3-12(11)18/h7-8,11-12H,1-6H2,(H,16,17)(H,19,20). The summed E-state index contributed by atoms with van der Waals surface area (Å²) in [5.74, 6) is -1.51. The van der Waals surface area contributed by atoms with E-state index in [1.807, 2.05) is 0 Å². The SMILES string of the molecule is O=C(O)c1cc(F)cnc1NC1CCN2CCCCC12. The molecule has 1 aromatic rings. The predicted octanol–water partition coefficient (Wildman–Crippen LogP) is 1.96. The van der Waals surface area contributed by atoms with E-state index in [9.17, 15) is 9.18 Å². The van der Waals surface area contributed by atoms with Gasteiger partial charge in [0.25, 0.3) is 0 Å². The third-order valence-corrected chi connectivity index (χ3v) is 4.26. The number of aromatic carboxylic acids is 1. The van der Waals surface area contributed by atoms with E-state index in [4.69, 9.17) is 5.11 Å². The van der Waals surface area contributed by atoms with Crippen molar-refractivity contribution in [2.45, 2.75) is 37.8 Å². The fraction of sp³-hybridized carbons (Fsp3) is 0.571. The first-order valence-electron chi connectivity index (χ1n) is 7.04. The normalized spacial score (nSPS) is 26.2. The van der Waals surface area contributed by atoms with Crippen molar-refractivity contribution in [1.29, 1.82) is 0 Å². The summed E-state index contributed by atoms with van der Waals surface area (Å²) in [6.07, 6.45) is 5.60. The van der Waals surface area contributed by atoms with Crippen molar-refractivity contribution in [2.75, 3.05) is 18.4 Å². The number of aromatic nitrogens is 1. The predicted molar refractivity (Wildman–Crippen MR) is 72.4 cm³/mol. The molecule has 0 radical (unpaired) electrons. The molecule has 0 amide bonds. The minimum Gasteiger partial charge on any atom is -0.478 e. The van der Waals surface area contributed by atoms with E-state index in [1.165, 1.54) is 12.8 Å². The molecule has 20 heavy (non-hydrogen) atoms. The number of hydrogen-bond acceptors (Lipinski definition) is 4. The number of halogens is 1. The molecule has 2 fully saturated rings. The highest BCUT2D eigenvalue weighted by Crippen LogP contribution is 2.29. The maximum Gasteiger partial charge on any atom is 0.339 e. The van der Waals surface area contributed by atoms with Gasteiger partial charge in [0.2, 0.25) is 0 Å². The number of pyridine rings is 1. The van der Waals surface area contributed by atoms with Crippen LogP contribution in [-0.2, 0) is 0 Å². The third kappa shape index (κ3) is 2.47. The molecular weight excluding hydrogens is 261 g/mol. The van der Waals surface area contributed by atoms with Crippen LogP contribution in [0.25, 0.3) is 0 Å². The second kappa shape index (κ2) is 5.36. The quantitative estimate of drug-likeness (QED) is 0.885. The number of piperidine rings is 1. The average Bonchev–Trinajstić information content (AvgIpc) is 2.84. The Balaban J connectivity index is 1.79. The van der Waals surface area contributed by atoms with Crippen LogP contribution < -0.4 is 5.32 Å². The molecule has 0 aliphatic carbocycles. The van der Waals surface area contributed by atoms with E-state index in [2.05, 4.69) is 15.2 Å². The molecule has 2 unspecified atom stereocenters. The molecule has 0 bridgehead atoms. The summed E-state index contributed by atoms with van der Waals surface area (Å²) in [6.45, 7) is 2.15. The van der Waals surface area contributed by atoms with Gasteiger partial charge < -0.3 is 10.4 Å². The fourth-order valence-corrected chi connectivity index (χ4v) is 3.31. The number of nitrogens with one attached hydrogen (secondary N) is 1. The van der Waals surface area contributed by atoms with Crippen molar-refractivity contribution < 1.29 is 14.3 Å². The van der Waals surface area contributed by atoms with Crippen molar-refractivity contribution in [3.8, 4) is 0 Å². The molecule has 6 heteroatoms. The summed E-state index contributed by atoms with van der Waals surface area (Å²) in [6, 6.07) is 1.66. The highest BCUT2D eigenvalue weighted by atomic mass is 19.1. The number of carboxylic acid groups (broad SMARTS) is 1. The van der Waals surface area contributed by atoms with Crippen LogP contribution in [0.15, 0.2) is 12.3 Å². The smallest absolute Gasteiger partial charge is 0.339 e. The number of carboxylic acids is 1. The molecule has 5 nitrogen and oxygen atoms in total. The molecule has 3 heterocycles. The van der Waals surface area contributed by atoms with Gasteiger partial charge >= 0.3 is 5.97 Å². The molecule has 3 rings (SSSR count). The van der Waals surface area contributed by atoms with Gasteiger partial charge in [0.1, 0.15) is 17.2 Å². The van der Waals surface area contributed by atoms with E-state index in [0.717, 1.165) is 38.2 Å². The summed E-state index contributed by atoms with van der Waals surface area (Å²) >= 11 is 0. The Kier molecular flexibility index (Phi) is 3.56. The minimum absolute atomic E-state index is 0.0979. The summed E-state index contributed by atoms with van der Waals surface area (Å²) in [5.41, 5.74) is -0.0979. The fourth-order valence-electron chi connectivity index (χ4n) is 3.31. The first-order valence-corrected chi connectivity index (χ1v) is 7.04. The van der Waals surface area contributed by atoms with Crippen LogP contribution in [0.4, 0.5) is 10.2 Å². The maximum atomic E-state index is 13.1. The van der Waals surface area contributed by atoms with Crippen LogP contribution in [0.3, 0.4) is 0 Å². The van der Waals surface area contributed by atoms with Gasteiger partial charge in [-0.15, -0.1) is 0 Å². The van der Waals surface area contributed by atoms with E-state index >= 15 is 0 Å². The molecule has 2 aliphatic heterocycles. The van der Waals surface area contributed by atoms with Crippen LogP contribution in [0.1, 0.15) is 36.0 Å². The Bertz CT molecular complexity index is 523. The van der Waals surface area contributed by atoms with Gasteiger partial charge in [-0.3, -0.25) is 4.90 Å². The van der Waals surface area contributed by atoms with Gasteiger partial charge in [-0.25, -0.2) is 14.2 Å². The van der Waals surface area contributed by atoms with Crippen molar-refractivity contribution in [1.82, 2.24) is 9.88 Å². The monoisotopic (exact) mass is 279 g/mol. The van der Waals surface area contributed by atoms with Gasteiger partial charge in [0.15, 0.2) is 0 Å². The van der Waals surface area contributed by atoms with Crippen molar-refractivity contribution in [3.63, 3.8) is 0 Å². The summed E-state index contributed by atoms with van der Waals surface area (Å²) < 4.78 is 13.1. The van der Waals surface area contributed by atoms with Crippen molar-refractivity contribution >= 4 is 11.8 Å². The Labute approximate surface area is 116 Å². The minimum atomic E-state index is -1.15. The second-order valence-corrected chi connectivity index (χ2v) is 5.49. The molecule has 0 aromatic carbocycles. The molecule has 2 saturated heterocycles. The van der Waals surface area contributed by atoms with Crippen LogP contribution in [0, 0.1) is 5.82 Å². The molecule has 2 atom stereocenters. The first-order chi connectivity index (χ1) is 9.65. The molecule has 108 valence electrons. The zero-order valence-electron chi connectivity index (χ0n) is 11.2. The molecule has 1 aromatic heterocycles. The lowest BCUT2D eigenvalue weighted by Crippen LogP contribution is -2.42. The lowest BCUT2D eigenvalue weighted by Gasteiger charge is -2.32. The van der Waals surface area contributed by atoms with Crippen LogP contribution in [0.2, 0.25) is 0 Å². The summed E-state index contributed by atoms with van der Waals surface area (Å²) in [5, 5.41) is 12.4. The highest BCUT2D eigenvalue weighted by Gasteiger charge is 2.36. The number of anilines is 1. The number of hydrogen-bond donors (Lipinski definition) is 2. The number of rotatable bonds is 3. The Morgan fingerprint density at radius 2 is 2.25 bits per heavy atom. The topological polar surface area (TPSA) is 65.5 Å². The van der Waals surface area contributed by atoms with E-state index in [0.29, 0.717) is 6.04 Å². The summed E-state index contributed by atoms with van der Waals surface area (Å²) in [4.78, 5) is 17.5. The molecule has 2 aliphatic rings. The second-order valence-electron chi connectivity index (χ2n) is 5.49. The van der Waals surface area contributed by atoms with Crippen LogP contribution >= 0.6 is 0 Å². The van der Waals surface area contributed by atoms with Crippen molar-refractivity contribution in [3.05, 3.63) is 23.6 Å². The molecule has 0 saturated carbocycles.